The standard InChI is InChI=1S/C19H19N3O5S/c1-12-7-8-14(10-16(12)28(26,27)20-2)21-17(23)11-22-18(24)9-13-5-3-4-6-15(13)19(22)25/h3-8,10,20H,9,11H2,1-2H3,(H,21,23). The van der Waals surface area contributed by atoms with Gasteiger partial charge in [0.1, 0.15) is 6.54 Å². The molecule has 2 aromatic rings. The number of hydrogen-bond donors (Lipinski definition) is 2. The van der Waals surface area contributed by atoms with Crippen LogP contribution in [0.1, 0.15) is 21.5 Å². The number of benzene rings is 2. The van der Waals surface area contributed by atoms with Gasteiger partial charge < -0.3 is 5.32 Å². The molecule has 0 saturated carbocycles. The first-order chi connectivity index (χ1) is 13.2. The maximum atomic E-state index is 12.5. The van der Waals surface area contributed by atoms with Gasteiger partial charge in [0.05, 0.1) is 11.3 Å². The smallest absolute Gasteiger partial charge is 0.261 e. The fourth-order valence-electron chi connectivity index (χ4n) is 2.98. The molecule has 0 saturated heterocycles. The molecule has 0 aromatic heterocycles. The number of hydrogen-bond acceptors (Lipinski definition) is 5. The van der Waals surface area contributed by atoms with Gasteiger partial charge in [0.25, 0.3) is 5.91 Å². The molecular formula is C19H19N3O5S. The lowest BCUT2D eigenvalue weighted by Gasteiger charge is -2.26. The minimum absolute atomic E-state index is 0.0341. The molecule has 2 N–H and O–H groups in total. The highest BCUT2D eigenvalue weighted by atomic mass is 32.2. The van der Waals surface area contributed by atoms with Crippen LogP contribution in [0.3, 0.4) is 0 Å². The van der Waals surface area contributed by atoms with Crippen molar-refractivity contribution in [2.45, 2.75) is 18.2 Å². The van der Waals surface area contributed by atoms with Crippen molar-refractivity contribution in [3.63, 3.8) is 0 Å². The summed E-state index contributed by atoms with van der Waals surface area (Å²) in [5.41, 5.74) is 1.80. The van der Waals surface area contributed by atoms with E-state index >= 15 is 0 Å². The van der Waals surface area contributed by atoms with E-state index < -0.39 is 34.3 Å². The lowest BCUT2D eigenvalue weighted by Crippen LogP contribution is -2.46. The number of sulfonamides is 1. The van der Waals surface area contributed by atoms with Gasteiger partial charge in [-0.1, -0.05) is 24.3 Å². The lowest BCUT2D eigenvalue weighted by molar-refractivity contribution is -0.131. The van der Waals surface area contributed by atoms with Gasteiger partial charge >= 0.3 is 0 Å². The Morgan fingerprint density at radius 1 is 1.14 bits per heavy atom. The second-order valence-electron chi connectivity index (χ2n) is 6.35. The van der Waals surface area contributed by atoms with Crippen LogP contribution in [0.4, 0.5) is 5.69 Å². The van der Waals surface area contributed by atoms with Crippen molar-refractivity contribution in [2.24, 2.45) is 0 Å². The number of nitrogens with one attached hydrogen (secondary N) is 2. The molecule has 0 bridgehead atoms. The summed E-state index contributed by atoms with van der Waals surface area (Å²) in [7, 11) is -2.39. The van der Waals surface area contributed by atoms with Crippen molar-refractivity contribution in [3.8, 4) is 0 Å². The Balaban J connectivity index is 1.77. The Morgan fingerprint density at radius 3 is 2.57 bits per heavy atom. The minimum Gasteiger partial charge on any atom is -0.324 e. The molecule has 0 fully saturated rings. The normalized spacial score (nSPS) is 14.0. The van der Waals surface area contributed by atoms with Gasteiger partial charge in [0.15, 0.2) is 0 Å². The highest BCUT2D eigenvalue weighted by molar-refractivity contribution is 7.89. The van der Waals surface area contributed by atoms with Gasteiger partial charge in [-0.3, -0.25) is 19.3 Å². The molecule has 0 spiro atoms. The molecule has 0 unspecified atom stereocenters. The van der Waals surface area contributed by atoms with Gasteiger partial charge in [-0.2, -0.15) is 0 Å². The summed E-state index contributed by atoms with van der Waals surface area (Å²) in [5.74, 6) is -1.58. The van der Waals surface area contributed by atoms with E-state index in [0.29, 0.717) is 16.7 Å². The maximum absolute atomic E-state index is 12.5. The van der Waals surface area contributed by atoms with Gasteiger partial charge in [0.2, 0.25) is 21.8 Å². The van der Waals surface area contributed by atoms with Gasteiger partial charge in [0, 0.05) is 11.3 Å². The average molecular weight is 401 g/mol. The third kappa shape index (κ3) is 3.80. The number of aryl methyl sites for hydroxylation is 1. The largest absolute Gasteiger partial charge is 0.324 e. The summed E-state index contributed by atoms with van der Waals surface area (Å²) in [6, 6.07) is 11.2. The molecule has 1 aliphatic rings. The Morgan fingerprint density at radius 2 is 1.86 bits per heavy atom. The van der Waals surface area contributed by atoms with E-state index in [4.69, 9.17) is 0 Å². The molecular weight excluding hydrogens is 382 g/mol. The van der Waals surface area contributed by atoms with Crippen LogP contribution in [-0.4, -0.2) is 44.6 Å². The number of rotatable bonds is 5. The summed E-state index contributed by atoms with van der Waals surface area (Å²) in [6.45, 7) is 1.19. The molecule has 0 radical (unpaired) electrons. The molecule has 9 heteroatoms. The zero-order valence-corrected chi connectivity index (χ0v) is 16.2. The molecule has 28 heavy (non-hydrogen) atoms. The van der Waals surface area contributed by atoms with E-state index in [1.54, 1.807) is 43.3 Å². The van der Waals surface area contributed by atoms with E-state index in [0.717, 1.165) is 4.90 Å². The number of anilines is 1. The first kappa shape index (κ1) is 19.7. The fourth-order valence-corrected chi connectivity index (χ4v) is 3.98. The Bertz CT molecular complexity index is 1080. The number of amides is 3. The predicted octanol–water partition coefficient (Wildman–Crippen LogP) is 1.07. The molecule has 1 heterocycles. The van der Waals surface area contributed by atoms with E-state index in [2.05, 4.69) is 10.0 Å². The molecule has 8 nitrogen and oxygen atoms in total. The Labute approximate surface area is 162 Å². The second kappa shape index (κ2) is 7.53. The van der Waals surface area contributed by atoms with Crippen LogP contribution in [0.15, 0.2) is 47.4 Å². The van der Waals surface area contributed by atoms with Crippen LogP contribution in [0.25, 0.3) is 0 Å². The third-order valence-corrected chi connectivity index (χ3v) is 6.02. The average Bonchev–Trinajstić information content (AvgIpc) is 2.66. The quantitative estimate of drug-likeness (QED) is 0.728. The van der Waals surface area contributed by atoms with Gasteiger partial charge in [-0.05, 0) is 43.3 Å². The highest BCUT2D eigenvalue weighted by Gasteiger charge is 2.32. The highest BCUT2D eigenvalue weighted by Crippen LogP contribution is 2.21. The predicted molar refractivity (Wildman–Crippen MR) is 102 cm³/mol. The van der Waals surface area contributed by atoms with Crippen molar-refractivity contribution in [3.05, 3.63) is 59.2 Å². The maximum Gasteiger partial charge on any atom is 0.261 e. The van der Waals surface area contributed by atoms with Crippen LogP contribution >= 0.6 is 0 Å². The molecule has 0 aliphatic carbocycles. The Kier molecular flexibility index (Phi) is 5.30. The van der Waals surface area contributed by atoms with Crippen LogP contribution in [0.5, 0.6) is 0 Å². The van der Waals surface area contributed by atoms with E-state index in [1.165, 1.54) is 13.1 Å². The van der Waals surface area contributed by atoms with Crippen molar-refractivity contribution < 1.29 is 22.8 Å². The lowest BCUT2D eigenvalue weighted by atomic mass is 9.98. The molecule has 1 aliphatic heterocycles. The molecule has 0 atom stereocenters. The van der Waals surface area contributed by atoms with E-state index in [-0.39, 0.29) is 17.0 Å². The van der Waals surface area contributed by atoms with Crippen LogP contribution in [0, 0.1) is 6.92 Å². The van der Waals surface area contributed by atoms with Crippen molar-refractivity contribution >= 4 is 33.4 Å². The number of nitrogens with zero attached hydrogens (tertiary/aromatic N) is 1. The Hall–Kier alpha value is -3.04. The van der Waals surface area contributed by atoms with Gasteiger partial charge in [-0.15, -0.1) is 0 Å². The molecule has 2 aromatic carbocycles. The summed E-state index contributed by atoms with van der Waals surface area (Å²) in [4.78, 5) is 38.1. The minimum atomic E-state index is -3.69. The van der Waals surface area contributed by atoms with E-state index in [1.807, 2.05) is 0 Å². The first-order valence-electron chi connectivity index (χ1n) is 8.49. The SMILES string of the molecule is CNS(=O)(=O)c1cc(NC(=O)CN2C(=O)Cc3ccccc3C2=O)ccc1C. The van der Waals surface area contributed by atoms with Crippen LogP contribution in [0.2, 0.25) is 0 Å². The summed E-state index contributed by atoms with van der Waals surface area (Å²) in [6.07, 6.45) is 0.0459. The number of imide groups is 1. The number of carbonyl (C=O) groups is 3. The van der Waals surface area contributed by atoms with Crippen molar-refractivity contribution in [2.75, 3.05) is 18.9 Å². The van der Waals surface area contributed by atoms with Crippen LogP contribution in [-0.2, 0) is 26.0 Å². The topological polar surface area (TPSA) is 113 Å². The molecule has 3 amide bonds. The molecule has 3 rings (SSSR count). The van der Waals surface area contributed by atoms with Crippen molar-refractivity contribution in [1.29, 1.82) is 0 Å². The fraction of sp³-hybridized carbons (Fsp3) is 0.211. The van der Waals surface area contributed by atoms with Crippen LogP contribution < -0.4 is 10.0 Å². The summed E-state index contributed by atoms with van der Waals surface area (Å²) in [5, 5.41) is 2.54. The number of carbonyl (C=O) groups excluding carboxylic acids is 3. The first-order valence-corrected chi connectivity index (χ1v) is 9.98. The van der Waals surface area contributed by atoms with E-state index in [9.17, 15) is 22.8 Å². The third-order valence-electron chi connectivity index (χ3n) is 4.47. The summed E-state index contributed by atoms with van der Waals surface area (Å²) >= 11 is 0. The summed E-state index contributed by atoms with van der Waals surface area (Å²) < 4.78 is 26.3. The zero-order chi connectivity index (χ0) is 20.5. The second-order valence-corrected chi connectivity index (χ2v) is 8.21. The number of fused-ring (bicyclic) bond motifs is 1. The zero-order valence-electron chi connectivity index (χ0n) is 15.4. The molecule has 146 valence electrons. The van der Waals surface area contributed by atoms with Gasteiger partial charge in [-0.25, -0.2) is 13.1 Å². The van der Waals surface area contributed by atoms with Crippen molar-refractivity contribution in [1.82, 2.24) is 9.62 Å². The monoisotopic (exact) mass is 401 g/mol.